The van der Waals surface area contributed by atoms with Gasteiger partial charge in [-0.3, -0.25) is 4.79 Å². The second-order valence-corrected chi connectivity index (χ2v) is 10.2. The third-order valence-electron chi connectivity index (χ3n) is 6.83. The largest absolute Gasteiger partial charge is 0.477 e. The van der Waals surface area contributed by atoms with Gasteiger partial charge in [0.1, 0.15) is 10.9 Å². The van der Waals surface area contributed by atoms with Gasteiger partial charge in [0, 0.05) is 17.2 Å². The number of aromatic carboxylic acids is 1. The second kappa shape index (κ2) is 9.96. The Balaban J connectivity index is 1.68. The number of hydrogen-bond donors (Lipinski definition) is 2. The molecule has 0 bridgehead atoms. The van der Waals surface area contributed by atoms with Crippen LogP contribution >= 0.6 is 11.3 Å². The summed E-state index contributed by atoms with van der Waals surface area (Å²) in [5.41, 5.74) is 1.57. The number of carboxylic acid groups (broad SMARTS) is 1. The molecule has 2 fully saturated rings. The van der Waals surface area contributed by atoms with Crippen LogP contribution < -0.4 is 10.2 Å². The van der Waals surface area contributed by atoms with Gasteiger partial charge >= 0.3 is 5.97 Å². The van der Waals surface area contributed by atoms with Crippen molar-refractivity contribution in [1.29, 1.82) is 0 Å². The Bertz CT molecular complexity index is 897. The van der Waals surface area contributed by atoms with Gasteiger partial charge in [-0.1, -0.05) is 37.3 Å². The monoisotopic (exact) mass is 441 g/mol. The zero-order chi connectivity index (χ0) is 21.8. The lowest BCUT2D eigenvalue weighted by Gasteiger charge is -2.33. The van der Waals surface area contributed by atoms with E-state index in [2.05, 4.69) is 12.2 Å². The van der Waals surface area contributed by atoms with Crippen molar-refractivity contribution in [3.05, 3.63) is 41.3 Å². The van der Waals surface area contributed by atoms with Crippen LogP contribution in [0.25, 0.3) is 10.4 Å². The number of quaternary nitrogens is 1. The first-order chi connectivity index (χ1) is 15.0. The molecule has 6 heteroatoms. The summed E-state index contributed by atoms with van der Waals surface area (Å²) >= 11 is 1.27. The molecule has 1 aliphatic heterocycles. The quantitative estimate of drug-likeness (QED) is 0.698. The molecule has 5 nitrogen and oxygen atoms in total. The molecule has 0 spiro atoms. The number of carboxylic acids is 1. The molecule has 1 saturated heterocycles. The second-order valence-electron chi connectivity index (χ2n) is 9.18. The summed E-state index contributed by atoms with van der Waals surface area (Å²) in [5.74, 6) is -0.165. The van der Waals surface area contributed by atoms with Gasteiger partial charge in [0.2, 0.25) is 5.91 Å². The summed E-state index contributed by atoms with van der Waals surface area (Å²) in [4.78, 5) is 28.9. The van der Waals surface area contributed by atoms with Gasteiger partial charge < -0.3 is 15.3 Å². The number of piperidine rings is 1. The van der Waals surface area contributed by atoms with Crippen molar-refractivity contribution in [1.82, 2.24) is 0 Å². The first-order valence-corrected chi connectivity index (χ1v) is 12.4. The van der Waals surface area contributed by atoms with Crippen molar-refractivity contribution in [2.45, 2.75) is 57.9 Å². The van der Waals surface area contributed by atoms with E-state index < -0.39 is 5.97 Å². The molecule has 1 unspecified atom stereocenters. The van der Waals surface area contributed by atoms with Gasteiger partial charge in [-0.25, -0.2) is 4.79 Å². The van der Waals surface area contributed by atoms with E-state index in [1.807, 2.05) is 41.3 Å². The zero-order valence-corrected chi connectivity index (χ0v) is 19.1. The molecule has 4 rings (SSSR count). The van der Waals surface area contributed by atoms with Crippen LogP contribution in [0, 0.1) is 11.8 Å². The third-order valence-corrected chi connectivity index (χ3v) is 7.99. The minimum atomic E-state index is -0.954. The summed E-state index contributed by atoms with van der Waals surface area (Å²) in [7, 11) is 0. The molecule has 1 aliphatic carbocycles. The number of benzene rings is 1. The Morgan fingerprint density at radius 2 is 1.84 bits per heavy atom. The van der Waals surface area contributed by atoms with Crippen molar-refractivity contribution in [2.75, 3.05) is 18.0 Å². The van der Waals surface area contributed by atoms with Crippen LogP contribution in [0.3, 0.4) is 0 Å². The lowest BCUT2D eigenvalue weighted by Crippen LogP contribution is -2.93. The Morgan fingerprint density at radius 1 is 1.10 bits per heavy atom. The maximum Gasteiger partial charge on any atom is 0.348 e. The molecular weight excluding hydrogens is 408 g/mol. The SMILES string of the molecule is CC1CCC(C(=O)N(CC2CCCC[NH2+]2)c2cc(-c3ccccc3)sc2C(=O)O)CC1. The Labute approximate surface area is 188 Å². The number of hydrogen-bond acceptors (Lipinski definition) is 3. The third kappa shape index (κ3) is 5.18. The molecule has 31 heavy (non-hydrogen) atoms. The van der Waals surface area contributed by atoms with Gasteiger partial charge in [0.15, 0.2) is 0 Å². The normalized spacial score (nSPS) is 24.0. The Hall–Kier alpha value is -2.18. The van der Waals surface area contributed by atoms with Gasteiger partial charge in [0.25, 0.3) is 0 Å². The molecule has 3 N–H and O–H groups in total. The van der Waals surface area contributed by atoms with Crippen LogP contribution in [0.15, 0.2) is 36.4 Å². The van der Waals surface area contributed by atoms with Crippen LogP contribution in [0.1, 0.15) is 61.5 Å². The lowest BCUT2D eigenvalue weighted by atomic mass is 9.82. The van der Waals surface area contributed by atoms with Crippen molar-refractivity contribution in [2.24, 2.45) is 11.8 Å². The van der Waals surface area contributed by atoms with Crippen molar-refractivity contribution >= 4 is 28.9 Å². The van der Waals surface area contributed by atoms with Crippen LogP contribution in [0.5, 0.6) is 0 Å². The minimum Gasteiger partial charge on any atom is -0.477 e. The van der Waals surface area contributed by atoms with Crippen LogP contribution in [0.2, 0.25) is 0 Å². The van der Waals surface area contributed by atoms with E-state index in [1.54, 1.807) is 0 Å². The van der Waals surface area contributed by atoms with E-state index in [1.165, 1.54) is 24.2 Å². The number of nitrogens with zero attached hydrogens (tertiary/aromatic N) is 1. The van der Waals surface area contributed by atoms with Crippen molar-refractivity contribution in [3.63, 3.8) is 0 Å². The van der Waals surface area contributed by atoms with Gasteiger partial charge in [-0.05, 0) is 56.1 Å². The minimum absolute atomic E-state index is 0.00140. The molecule has 1 atom stereocenters. The van der Waals surface area contributed by atoms with Crippen molar-refractivity contribution < 1.29 is 20.0 Å². The molecule has 0 radical (unpaired) electrons. The molecule has 166 valence electrons. The van der Waals surface area contributed by atoms with Gasteiger partial charge in [-0.2, -0.15) is 0 Å². The first-order valence-electron chi connectivity index (χ1n) is 11.6. The molecule has 2 aliphatic rings. The molecule has 1 amide bonds. The number of anilines is 1. The van der Waals surface area contributed by atoms with E-state index in [9.17, 15) is 14.7 Å². The Kier molecular flexibility index (Phi) is 7.08. The number of carbonyl (C=O) groups is 2. The van der Waals surface area contributed by atoms with E-state index in [-0.39, 0.29) is 16.7 Å². The highest BCUT2D eigenvalue weighted by Gasteiger charge is 2.34. The number of thiophene rings is 1. The zero-order valence-electron chi connectivity index (χ0n) is 18.3. The number of nitrogens with two attached hydrogens (primary N) is 1. The van der Waals surface area contributed by atoms with Gasteiger partial charge in [0.05, 0.1) is 18.8 Å². The van der Waals surface area contributed by atoms with E-state index in [4.69, 9.17) is 0 Å². The summed E-state index contributed by atoms with van der Waals surface area (Å²) in [6.45, 7) is 3.93. The predicted octanol–water partition coefficient (Wildman–Crippen LogP) is 4.39. The molecule has 1 aromatic carbocycles. The Morgan fingerprint density at radius 3 is 2.48 bits per heavy atom. The fraction of sp³-hybridized carbons (Fsp3) is 0.520. The molecule has 2 aromatic rings. The predicted molar refractivity (Wildman–Crippen MR) is 125 cm³/mol. The topological polar surface area (TPSA) is 74.2 Å². The highest BCUT2D eigenvalue weighted by molar-refractivity contribution is 7.18. The summed E-state index contributed by atoms with van der Waals surface area (Å²) in [6.07, 6.45) is 7.42. The first kappa shape index (κ1) is 22.0. The summed E-state index contributed by atoms with van der Waals surface area (Å²) in [6, 6.07) is 12.1. The van der Waals surface area contributed by atoms with Gasteiger partial charge in [-0.15, -0.1) is 11.3 Å². The summed E-state index contributed by atoms with van der Waals surface area (Å²) < 4.78 is 0. The summed E-state index contributed by atoms with van der Waals surface area (Å²) in [5, 5.41) is 12.3. The number of rotatable bonds is 6. The number of carbonyl (C=O) groups excluding carboxylic acids is 1. The maximum atomic E-state index is 13.7. The molecular formula is C25H33N2O3S+. The fourth-order valence-corrected chi connectivity index (χ4v) is 5.94. The maximum absolute atomic E-state index is 13.7. The van der Waals surface area contributed by atoms with Crippen molar-refractivity contribution in [3.8, 4) is 10.4 Å². The highest BCUT2D eigenvalue weighted by atomic mass is 32.1. The van der Waals surface area contributed by atoms with Crippen LogP contribution in [-0.4, -0.2) is 36.1 Å². The fourth-order valence-electron chi connectivity index (χ4n) is 4.94. The van der Waals surface area contributed by atoms with Crippen LogP contribution in [-0.2, 0) is 4.79 Å². The molecule has 1 saturated carbocycles. The molecule has 2 heterocycles. The lowest BCUT2D eigenvalue weighted by molar-refractivity contribution is -0.694. The molecule has 1 aromatic heterocycles. The standard InChI is InChI=1S/C25H32N2O3S/c1-17-10-12-19(13-11-17)24(28)27(16-20-9-5-6-14-26-20)21-15-22(31-23(21)25(29)30)18-7-3-2-4-8-18/h2-4,7-8,15,17,19-20,26H,5-6,9-14,16H2,1H3,(H,29,30)/p+1. The smallest absolute Gasteiger partial charge is 0.348 e. The number of amides is 1. The van der Waals surface area contributed by atoms with E-state index >= 15 is 0 Å². The van der Waals surface area contributed by atoms with E-state index in [0.717, 1.165) is 49.1 Å². The van der Waals surface area contributed by atoms with Crippen LogP contribution in [0.4, 0.5) is 5.69 Å². The average Bonchev–Trinajstić information content (AvgIpc) is 3.24. The highest BCUT2D eigenvalue weighted by Crippen LogP contribution is 2.39. The van der Waals surface area contributed by atoms with E-state index in [0.29, 0.717) is 24.2 Å². The average molecular weight is 442 g/mol.